The molecule has 4 nitrogen and oxygen atoms in total. The van der Waals surface area contributed by atoms with E-state index in [2.05, 4.69) is 0 Å². The van der Waals surface area contributed by atoms with Gasteiger partial charge >= 0.3 is 5.97 Å². The van der Waals surface area contributed by atoms with Crippen molar-refractivity contribution in [2.75, 3.05) is 13.2 Å². The number of carbonyl (C=O) groups excluding carboxylic acids is 1. The smallest absolute Gasteiger partial charge is 0.344 e. The molecule has 0 saturated carbocycles. The van der Waals surface area contributed by atoms with Crippen LogP contribution in [0.5, 0.6) is 5.75 Å². The summed E-state index contributed by atoms with van der Waals surface area (Å²) in [6, 6.07) is 7.26. The molecule has 17 heavy (non-hydrogen) atoms. The van der Waals surface area contributed by atoms with Crippen molar-refractivity contribution >= 4 is 23.2 Å². The SMILES string of the molecule is CCOC(=O)COc1ccc(CC(N)=S)cc1. The Hall–Kier alpha value is -1.62. The van der Waals surface area contributed by atoms with E-state index < -0.39 is 0 Å². The molecule has 0 heterocycles. The number of thiocarbonyl (C=S) groups is 1. The number of carbonyl (C=O) groups is 1. The van der Waals surface area contributed by atoms with Crippen LogP contribution in [0, 0.1) is 0 Å². The van der Waals surface area contributed by atoms with E-state index in [4.69, 9.17) is 27.4 Å². The van der Waals surface area contributed by atoms with Crippen LogP contribution in [0.1, 0.15) is 12.5 Å². The van der Waals surface area contributed by atoms with E-state index in [1.54, 1.807) is 19.1 Å². The van der Waals surface area contributed by atoms with Crippen LogP contribution in [0.25, 0.3) is 0 Å². The average Bonchev–Trinajstić information content (AvgIpc) is 2.28. The fraction of sp³-hybridized carbons (Fsp3) is 0.333. The Kier molecular flexibility index (Phi) is 5.42. The third kappa shape index (κ3) is 5.31. The van der Waals surface area contributed by atoms with Gasteiger partial charge < -0.3 is 15.2 Å². The zero-order chi connectivity index (χ0) is 12.7. The highest BCUT2D eigenvalue weighted by Crippen LogP contribution is 2.12. The Labute approximate surface area is 106 Å². The van der Waals surface area contributed by atoms with E-state index in [0.29, 0.717) is 23.8 Å². The molecule has 0 aliphatic carbocycles. The predicted octanol–water partition coefficient (Wildman–Crippen LogP) is 1.46. The second-order valence-electron chi connectivity index (χ2n) is 3.38. The maximum atomic E-state index is 11.0. The number of nitrogens with two attached hydrogens (primary N) is 1. The lowest BCUT2D eigenvalue weighted by Gasteiger charge is -2.06. The minimum Gasteiger partial charge on any atom is -0.482 e. The third-order valence-electron chi connectivity index (χ3n) is 1.96. The molecule has 0 fully saturated rings. The molecule has 0 amide bonds. The number of esters is 1. The second-order valence-corrected chi connectivity index (χ2v) is 3.91. The molecule has 0 bridgehead atoms. The first-order valence-electron chi connectivity index (χ1n) is 5.27. The lowest BCUT2D eigenvalue weighted by molar-refractivity contribution is -0.145. The fourth-order valence-corrected chi connectivity index (χ4v) is 1.42. The number of ether oxygens (including phenoxy) is 2. The van der Waals surface area contributed by atoms with Gasteiger partial charge in [-0.05, 0) is 24.6 Å². The summed E-state index contributed by atoms with van der Waals surface area (Å²) in [5.41, 5.74) is 6.45. The fourth-order valence-electron chi connectivity index (χ4n) is 1.25. The Morgan fingerprint density at radius 1 is 1.35 bits per heavy atom. The van der Waals surface area contributed by atoms with Crippen molar-refractivity contribution in [3.63, 3.8) is 0 Å². The summed E-state index contributed by atoms with van der Waals surface area (Å²) in [6.45, 7) is 2.03. The van der Waals surface area contributed by atoms with Crippen molar-refractivity contribution in [1.82, 2.24) is 0 Å². The highest BCUT2D eigenvalue weighted by atomic mass is 32.1. The van der Waals surface area contributed by atoms with E-state index in [1.165, 1.54) is 0 Å². The van der Waals surface area contributed by atoms with Crippen molar-refractivity contribution in [2.45, 2.75) is 13.3 Å². The van der Waals surface area contributed by atoms with Crippen molar-refractivity contribution in [3.05, 3.63) is 29.8 Å². The van der Waals surface area contributed by atoms with Gasteiger partial charge in [0.05, 0.1) is 11.6 Å². The highest BCUT2D eigenvalue weighted by Gasteiger charge is 2.03. The van der Waals surface area contributed by atoms with Crippen molar-refractivity contribution in [2.24, 2.45) is 5.73 Å². The average molecular weight is 253 g/mol. The molecule has 0 spiro atoms. The van der Waals surface area contributed by atoms with Gasteiger partial charge in [0.2, 0.25) is 0 Å². The van der Waals surface area contributed by atoms with Crippen LogP contribution < -0.4 is 10.5 Å². The molecule has 0 aliphatic rings. The molecular weight excluding hydrogens is 238 g/mol. The summed E-state index contributed by atoms with van der Waals surface area (Å²) in [5, 5.41) is 0. The summed E-state index contributed by atoms with van der Waals surface area (Å²) in [6.07, 6.45) is 0.563. The van der Waals surface area contributed by atoms with Crippen LogP contribution in [-0.2, 0) is 16.0 Å². The molecule has 92 valence electrons. The largest absolute Gasteiger partial charge is 0.482 e. The van der Waals surface area contributed by atoms with Gasteiger partial charge in [-0.1, -0.05) is 24.4 Å². The minimum absolute atomic E-state index is 0.0809. The van der Waals surface area contributed by atoms with Gasteiger partial charge in [0.1, 0.15) is 5.75 Å². The maximum Gasteiger partial charge on any atom is 0.344 e. The number of hydrogen-bond donors (Lipinski definition) is 1. The van der Waals surface area contributed by atoms with Gasteiger partial charge in [0.25, 0.3) is 0 Å². The van der Waals surface area contributed by atoms with Gasteiger partial charge in [-0.2, -0.15) is 0 Å². The summed E-state index contributed by atoms with van der Waals surface area (Å²) in [5.74, 6) is 0.240. The second kappa shape index (κ2) is 6.85. The molecular formula is C12H15NO3S. The quantitative estimate of drug-likeness (QED) is 0.614. The molecule has 2 N–H and O–H groups in total. The first-order chi connectivity index (χ1) is 8.11. The number of benzene rings is 1. The van der Waals surface area contributed by atoms with Crippen LogP contribution in [0.4, 0.5) is 0 Å². The van der Waals surface area contributed by atoms with Gasteiger partial charge in [-0.15, -0.1) is 0 Å². The first-order valence-corrected chi connectivity index (χ1v) is 5.68. The molecule has 0 saturated heterocycles. The standard InChI is InChI=1S/C12H15NO3S/c1-2-15-12(14)8-16-10-5-3-9(4-6-10)7-11(13)17/h3-6H,2,7-8H2,1H3,(H2,13,17). The summed E-state index contributed by atoms with van der Waals surface area (Å²) in [4.78, 5) is 11.5. The van der Waals surface area contributed by atoms with Gasteiger partial charge in [-0.3, -0.25) is 0 Å². The van der Waals surface area contributed by atoms with E-state index in [-0.39, 0.29) is 12.6 Å². The van der Waals surface area contributed by atoms with E-state index in [9.17, 15) is 4.79 Å². The number of rotatable bonds is 6. The van der Waals surface area contributed by atoms with Crippen molar-refractivity contribution < 1.29 is 14.3 Å². The first kappa shape index (κ1) is 13.4. The van der Waals surface area contributed by atoms with E-state index in [1.807, 2.05) is 12.1 Å². The van der Waals surface area contributed by atoms with Crippen molar-refractivity contribution in [1.29, 1.82) is 0 Å². The summed E-state index contributed by atoms with van der Waals surface area (Å²) < 4.78 is 9.98. The topological polar surface area (TPSA) is 61.5 Å². The Morgan fingerprint density at radius 3 is 2.53 bits per heavy atom. The molecule has 0 radical (unpaired) electrons. The zero-order valence-corrected chi connectivity index (χ0v) is 10.5. The summed E-state index contributed by atoms with van der Waals surface area (Å²) in [7, 11) is 0. The van der Waals surface area contributed by atoms with Gasteiger partial charge in [0, 0.05) is 6.42 Å². The lowest BCUT2D eigenvalue weighted by Crippen LogP contribution is -2.14. The van der Waals surface area contributed by atoms with Gasteiger partial charge in [-0.25, -0.2) is 4.79 Å². The maximum absolute atomic E-state index is 11.0. The predicted molar refractivity (Wildman–Crippen MR) is 69.1 cm³/mol. The molecule has 1 aromatic carbocycles. The molecule has 0 atom stereocenters. The highest BCUT2D eigenvalue weighted by molar-refractivity contribution is 7.80. The van der Waals surface area contributed by atoms with Gasteiger partial charge in [0.15, 0.2) is 6.61 Å². The third-order valence-corrected chi connectivity index (χ3v) is 2.11. The lowest BCUT2D eigenvalue weighted by atomic mass is 10.1. The van der Waals surface area contributed by atoms with Crippen LogP contribution in [0.3, 0.4) is 0 Å². The van der Waals surface area contributed by atoms with E-state index >= 15 is 0 Å². The Balaban J connectivity index is 2.45. The summed E-state index contributed by atoms with van der Waals surface area (Å²) >= 11 is 4.81. The Morgan fingerprint density at radius 2 is 2.00 bits per heavy atom. The Bertz CT molecular complexity index is 389. The van der Waals surface area contributed by atoms with Crippen LogP contribution in [0.2, 0.25) is 0 Å². The normalized spacial score (nSPS) is 9.71. The molecule has 0 unspecified atom stereocenters. The van der Waals surface area contributed by atoms with E-state index in [0.717, 1.165) is 5.56 Å². The minimum atomic E-state index is -0.375. The molecule has 0 aromatic heterocycles. The van der Waals surface area contributed by atoms with Crippen molar-refractivity contribution in [3.8, 4) is 5.75 Å². The molecule has 1 aromatic rings. The van der Waals surface area contributed by atoms with Crippen LogP contribution in [0.15, 0.2) is 24.3 Å². The number of hydrogen-bond acceptors (Lipinski definition) is 4. The van der Waals surface area contributed by atoms with Crippen LogP contribution >= 0.6 is 12.2 Å². The monoisotopic (exact) mass is 253 g/mol. The zero-order valence-electron chi connectivity index (χ0n) is 9.64. The molecule has 0 aliphatic heterocycles. The van der Waals surface area contributed by atoms with Crippen LogP contribution in [-0.4, -0.2) is 24.2 Å². The molecule has 5 heteroatoms. The molecule has 1 rings (SSSR count).